The van der Waals surface area contributed by atoms with Crippen molar-refractivity contribution in [3.63, 3.8) is 0 Å². The maximum atomic E-state index is 10.8. The molecule has 0 aliphatic heterocycles. The quantitative estimate of drug-likeness (QED) is 0.395. The Bertz CT molecular complexity index is 217. The number of hydrogen-bond acceptors (Lipinski definition) is 3. The molecule has 0 saturated heterocycles. The average Bonchev–Trinajstić information content (AvgIpc) is 2.19. The van der Waals surface area contributed by atoms with Crippen molar-refractivity contribution in [1.29, 1.82) is 0 Å². The molecule has 0 aromatic carbocycles. The molecule has 0 bridgehead atoms. The molecule has 1 fully saturated rings. The van der Waals surface area contributed by atoms with E-state index >= 15 is 0 Å². The Morgan fingerprint density at radius 2 is 2.14 bits per heavy atom. The van der Waals surface area contributed by atoms with Crippen LogP contribution in [0.1, 0.15) is 39.0 Å². The fourth-order valence-electron chi connectivity index (χ4n) is 2.44. The predicted octanol–water partition coefficient (Wildman–Crippen LogP) is 2.05. The molecule has 4 nitrogen and oxygen atoms in total. The second-order valence-corrected chi connectivity index (χ2v) is 4.01. The lowest BCUT2D eigenvalue weighted by molar-refractivity contribution is -0.534. The molecule has 0 N–H and O–H groups in total. The number of carbonyl (C=O) groups is 1. The van der Waals surface area contributed by atoms with Crippen LogP contribution in [0, 0.1) is 22.0 Å². The van der Waals surface area contributed by atoms with E-state index in [1.54, 1.807) is 0 Å². The largest absolute Gasteiger partial charge is 0.303 e. The lowest BCUT2D eigenvalue weighted by Crippen LogP contribution is -2.36. The zero-order valence-electron chi connectivity index (χ0n) is 8.52. The molecular weight excluding hydrogens is 182 g/mol. The van der Waals surface area contributed by atoms with Gasteiger partial charge in [0.2, 0.25) is 6.04 Å². The molecule has 0 heterocycles. The first kappa shape index (κ1) is 11.1. The van der Waals surface area contributed by atoms with Gasteiger partial charge in [0, 0.05) is 23.2 Å². The summed E-state index contributed by atoms with van der Waals surface area (Å²) in [4.78, 5) is 21.4. The van der Waals surface area contributed by atoms with Crippen LogP contribution >= 0.6 is 0 Å². The van der Waals surface area contributed by atoms with Gasteiger partial charge in [0.1, 0.15) is 6.29 Å². The first-order chi connectivity index (χ1) is 6.70. The summed E-state index contributed by atoms with van der Waals surface area (Å²) < 4.78 is 0. The van der Waals surface area contributed by atoms with Crippen molar-refractivity contribution in [2.24, 2.45) is 11.8 Å². The Hall–Kier alpha value is -0.930. The van der Waals surface area contributed by atoms with Crippen LogP contribution in [0.3, 0.4) is 0 Å². The van der Waals surface area contributed by atoms with Crippen LogP contribution < -0.4 is 0 Å². The number of carbonyl (C=O) groups excluding carboxylic acids is 1. The van der Waals surface area contributed by atoms with E-state index in [1.807, 2.05) is 6.92 Å². The van der Waals surface area contributed by atoms with Crippen molar-refractivity contribution in [2.45, 2.75) is 45.1 Å². The molecule has 1 aliphatic carbocycles. The van der Waals surface area contributed by atoms with E-state index in [0.29, 0.717) is 6.42 Å². The third-order valence-electron chi connectivity index (χ3n) is 3.23. The highest BCUT2D eigenvalue weighted by atomic mass is 16.6. The van der Waals surface area contributed by atoms with Crippen LogP contribution in [0.4, 0.5) is 0 Å². The number of hydrogen-bond donors (Lipinski definition) is 0. The van der Waals surface area contributed by atoms with Crippen molar-refractivity contribution in [3.05, 3.63) is 10.1 Å². The van der Waals surface area contributed by atoms with Crippen LogP contribution in [-0.4, -0.2) is 17.3 Å². The highest BCUT2D eigenvalue weighted by Crippen LogP contribution is 2.33. The average molecular weight is 199 g/mol. The molecule has 4 heteroatoms. The zero-order chi connectivity index (χ0) is 10.6. The Labute approximate surface area is 83.8 Å². The van der Waals surface area contributed by atoms with Gasteiger partial charge < -0.3 is 4.79 Å². The molecule has 1 rings (SSSR count). The monoisotopic (exact) mass is 199 g/mol. The molecule has 1 saturated carbocycles. The van der Waals surface area contributed by atoms with E-state index in [9.17, 15) is 14.9 Å². The Kier molecular flexibility index (Phi) is 4.04. The lowest BCUT2D eigenvalue weighted by Gasteiger charge is -2.29. The van der Waals surface area contributed by atoms with Crippen LogP contribution in [0.2, 0.25) is 0 Å². The van der Waals surface area contributed by atoms with Gasteiger partial charge in [-0.1, -0.05) is 19.8 Å². The van der Waals surface area contributed by atoms with Gasteiger partial charge in [0.05, 0.1) is 0 Å². The maximum Gasteiger partial charge on any atom is 0.216 e. The molecule has 3 unspecified atom stereocenters. The third-order valence-corrected chi connectivity index (χ3v) is 3.23. The predicted molar refractivity (Wildman–Crippen MR) is 52.6 cm³/mol. The molecule has 0 aromatic rings. The van der Waals surface area contributed by atoms with E-state index < -0.39 is 6.04 Å². The highest BCUT2D eigenvalue weighted by molar-refractivity contribution is 5.54. The number of aldehydes is 1. The fraction of sp³-hybridized carbons (Fsp3) is 0.900. The second kappa shape index (κ2) is 5.08. The number of rotatable bonds is 4. The molecule has 0 amide bonds. The summed E-state index contributed by atoms with van der Waals surface area (Å²) in [6, 6.07) is -0.523. The molecular formula is C10H17NO3. The molecule has 80 valence electrons. The first-order valence-corrected chi connectivity index (χ1v) is 5.29. The van der Waals surface area contributed by atoms with Gasteiger partial charge >= 0.3 is 0 Å². The molecule has 0 spiro atoms. The molecule has 14 heavy (non-hydrogen) atoms. The summed E-state index contributed by atoms with van der Waals surface area (Å²) in [6.07, 6.45) is 5.17. The molecule has 0 aromatic heterocycles. The normalized spacial score (nSPS) is 29.5. The van der Waals surface area contributed by atoms with Crippen molar-refractivity contribution < 1.29 is 9.72 Å². The smallest absolute Gasteiger partial charge is 0.216 e. The summed E-state index contributed by atoms with van der Waals surface area (Å²) in [5.41, 5.74) is 0. The van der Waals surface area contributed by atoms with E-state index in [0.717, 1.165) is 32.0 Å². The Balaban J connectivity index is 2.70. The topological polar surface area (TPSA) is 60.2 Å². The van der Waals surface area contributed by atoms with Gasteiger partial charge in [-0.3, -0.25) is 10.1 Å². The van der Waals surface area contributed by atoms with Crippen LogP contribution in [0.15, 0.2) is 0 Å². The minimum atomic E-state index is -0.523. The van der Waals surface area contributed by atoms with Crippen LogP contribution in [0.5, 0.6) is 0 Å². The fourth-order valence-corrected chi connectivity index (χ4v) is 2.44. The summed E-state index contributed by atoms with van der Waals surface area (Å²) in [5, 5.41) is 10.8. The van der Waals surface area contributed by atoms with Crippen molar-refractivity contribution >= 4 is 6.29 Å². The van der Waals surface area contributed by atoms with E-state index in [1.165, 1.54) is 0 Å². The minimum absolute atomic E-state index is 0.0266. The Morgan fingerprint density at radius 3 is 2.64 bits per heavy atom. The van der Waals surface area contributed by atoms with Crippen molar-refractivity contribution in [1.82, 2.24) is 0 Å². The van der Waals surface area contributed by atoms with Gasteiger partial charge in [-0.15, -0.1) is 0 Å². The molecule has 1 aliphatic rings. The maximum absolute atomic E-state index is 10.8. The van der Waals surface area contributed by atoms with Gasteiger partial charge in [0.25, 0.3) is 0 Å². The first-order valence-electron chi connectivity index (χ1n) is 5.29. The summed E-state index contributed by atoms with van der Waals surface area (Å²) in [6.45, 7) is 1.82. The number of nitrogens with zero attached hydrogens (tertiary/aromatic N) is 1. The third kappa shape index (κ3) is 2.30. The van der Waals surface area contributed by atoms with Crippen LogP contribution in [0.25, 0.3) is 0 Å². The van der Waals surface area contributed by atoms with Gasteiger partial charge in [-0.05, 0) is 12.8 Å². The summed E-state index contributed by atoms with van der Waals surface area (Å²) in [5.74, 6) is -0.111. The zero-order valence-corrected chi connectivity index (χ0v) is 8.52. The highest BCUT2D eigenvalue weighted by Gasteiger charge is 2.37. The van der Waals surface area contributed by atoms with Crippen LogP contribution in [-0.2, 0) is 4.79 Å². The minimum Gasteiger partial charge on any atom is -0.303 e. The van der Waals surface area contributed by atoms with E-state index in [2.05, 4.69) is 0 Å². The van der Waals surface area contributed by atoms with Gasteiger partial charge in [-0.2, -0.15) is 0 Å². The molecule has 0 radical (unpaired) electrons. The number of nitro groups is 1. The molecule has 3 atom stereocenters. The van der Waals surface area contributed by atoms with Gasteiger partial charge in [-0.25, -0.2) is 0 Å². The Morgan fingerprint density at radius 1 is 1.50 bits per heavy atom. The van der Waals surface area contributed by atoms with Crippen molar-refractivity contribution in [3.8, 4) is 0 Å². The second-order valence-electron chi connectivity index (χ2n) is 4.01. The van der Waals surface area contributed by atoms with E-state index in [-0.39, 0.29) is 16.8 Å². The van der Waals surface area contributed by atoms with Crippen molar-refractivity contribution in [2.75, 3.05) is 0 Å². The SMILES string of the molecule is CCC(C1CCCCC1C=O)[N+](=O)[O-]. The lowest BCUT2D eigenvalue weighted by atomic mass is 9.75. The standard InChI is InChI=1S/C10H17NO3/c1-2-10(11(13)14)9-6-4-3-5-8(9)7-12/h7-10H,2-6H2,1H3. The summed E-state index contributed by atoms with van der Waals surface area (Å²) in [7, 11) is 0. The summed E-state index contributed by atoms with van der Waals surface area (Å²) >= 11 is 0. The van der Waals surface area contributed by atoms with Gasteiger partial charge in [0.15, 0.2) is 0 Å². The van der Waals surface area contributed by atoms with E-state index in [4.69, 9.17) is 0 Å².